The minimum atomic E-state index is -4.67. The fourth-order valence-electron chi connectivity index (χ4n) is 5.21. The number of nitrogens with zero attached hydrogens (tertiary/aromatic N) is 5. The van der Waals surface area contributed by atoms with Crippen molar-refractivity contribution >= 4 is 17.5 Å². The van der Waals surface area contributed by atoms with Gasteiger partial charge in [-0.3, -0.25) is 14.3 Å². The monoisotopic (exact) mass is 474 g/mol. The second-order valence-corrected chi connectivity index (χ2v) is 8.86. The number of halogens is 3. The number of nitrogens with two attached hydrogens (primary N) is 1. The first kappa shape index (κ1) is 23.6. The van der Waals surface area contributed by atoms with Gasteiger partial charge in [0.25, 0.3) is 5.91 Å². The minimum absolute atomic E-state index is 0.137. The maximum absolute atomic E-state index is 13.5. The second-order valence-electron chi connectivity index (χ2n) is 8.86. The highest BCUT2D eigenvalue weighted by atomic mass is 19.4. The van der Waals surface area contributed by atoms with Crippen molar-refractivity contribution in [3.63, 3.8) is 0 Å². The summed E-state index contributed by atoms with van der Waals surface area (Å²) in [5.41, 5.74) is 4.51. The lowest BCUT2D eigenvalue weighted by atomic mass is 9.70. The molecule has 0 bridgehead atoms. The van der Waals surface area contributed by atoms with E-state index in [0.717, 1.165) is 12.1 Å². The van der Waals surface area contributed by atoms with Gasteiger partial charge in [0.15, 0.2) is 0 Å². The van der Waals surface area contributed by atoms with Crippen molar-refractivity contribution in [2.45, 2.75) is 32.5 Å². The summed E-state index contributed by atoms with van der Waals surface area (Å²) in [7, 11) is 0. The molecule has 2 aliphatic rings. The SMILES string of the molecule is CCn1nccc1C(=O)N1CCC2(CC1)CN(c1ccc(C#N)c(C(F)(F)F)c1)CC2C(N)=O. The Morgan fingerprint density at radius 1 is 1.26 bits per heavy atom. The number of likely N-dealkylation sites (tertiary alicyclic amines) is 1. The van der Waals surface area contributed by atoms with Gasteiger partial charge in [0.2, 0.25) is 5.91 Å². The van der Waals surface area contributed by atoms with Crippen LogP contribution < -0.4 is 10.6 Å². The molecule has 1 aromatic heterocycles. The van der Waals surface area contributed by atoms with Crippen molar-refractivity contribution < 1.29 is 22.8 Å². The van der Waals surface area contributed by atoms with Gasteiger partial charge < -0.3 is 15.5 Å². The molecule has 2 aliphatic heterocycles. The van der Waals surface area contributed by atoms with E-state index < -0.39 is 34.5 Å². The lowest BCUT2D eigenvalue weighted by Crippen LogP contribution is -2.49. The largest absolute Gasteiger partial charge is 0.417 e. The molecule has 0 radical (unpaired) electrons. The van der Waals surface area contributed by atoms with Crippen LogP contribution in [0.25, 0.3) is 0 Å². The lowest BCUT2D eigenvalue weighted by Gasteiger charge is -2.41. The summed E-state index contributed by atoms with van der Waals surface area (Å²) >= 11 is 0. The summed E-state index contributed by atoms with van der Waals surface area (Å²) in [6, 6.07) is 6.83. The third-order valence-corrected chi connectivity index (χ3v) is 7.07. The number of carbonyl (C=O) groups is 2. The molecular formula is C23H25F3N6O2. The van der Waals surface area contributed by atoms with Crippen LogP contribution in [0.3, 0.4) is 0 Å². The van der Waals surface area contributed by atoms with E-state index in [-0.39, 0.29) is 12.5 Å². The van der Waals surface area contributed by atoms with Gasteiger partial charge in [-0.05, 0) is 44.0 Å². The van der Waals surface area contributed by atoms with Crippen molar-refractivity contribution in [3.8, 4) is 6.07 Å². The zero-order chi connectivity index (χ0) is 24.7. The number of benzene rings is 1. The zero-order valence-electron chi connectivity index (χ0n) is 18.7. The summed E-state index contributed by atoms with van der Waals surface area (Å²) in [6.45, 7) is 3.81. The number of alkyl halides is 3. The third kappa shape index (κ3) is 4.08. The molecule has 3 heterocycles. The van der Waals surface area contributed by atoms with Gasteiger partial charge in [-0.1, -0.05) is 0 Å². The first-order valence-electron chi connectivity index (χ1n) is 11.1. The summed E-state index contributed by atoms with van der Waals surface area (Å²) in [5.74, 6) is -1.20. The fraction of sp³-hybridized carbons (Fsp3) is 0.478. The first-order valence-corrected chi connectivity index (χ1v) is 11.1. The van der Waals surface area contributed by atoms with Crippen molar-refractivity contribution in [3.05, 3.63) is 47.3 Å². The number of aromatic nitrogens is 2. The fourth-order valence-corrected chi connectivity index (χ4v) is 5.21. The molecule has 1 spiro atoms. The molecule has 8 nitrogen and oxygen atoms in total. The van der Waals surface area contributed by atoms with Gasteiger partial charge >= 0.3 is 6.18 Å². The predicted octanol–water partition coefficient (Wildman–Crippen LogP) is 2.64. The first-order chi connectivity index (χ1) is 16.1. The van der Waals surface area contributed by atoms with E-state index in [4.69, 9.17) is 11.0 Å². The molecule has 2 aromatic rings. The van der Waals surface area contributed by atoms with Crippen LogP contribution in [0, 0.1) is 22.7 Å². The summed E-state index contributed by atoms with van der Waals surface area (Å²) in [4.78, 5) is 28.8. The second kappa shape index (κ2) is 8.66. The van der Waals surface area contributed by atoms with Crippen LogP contribution in [0.2, 0.25) is 0 Å². The Labute approximate surface area is 194 Å². The van der Waals surface area contributed by atoms with E-state index in [9.17, 15) is 22.8 Å². The predicted molar refractivity (Wildman–Crippen MR) is 117 cm³/mol. The number of primary amides is 1. The normalized spacial score (nSPS) is 19.9. The van der Waals surface area contributed by atoms with Crippen LogP contribution in [-0.4, -0.2) is 52.7 Å². The average molecular weight is 474 g/mol. The molecule has 0 saturated carbocycles. The van der Waals surface area contributed by atoms with E-state index >= 15 is 0 Å². The Morgan fingerprint density at radius 2 is 1.97 bits per heavy atom. The Kier molecular flexibility index (Phi) is 6.02. The number of carbonyl (C=O) groups excluding carboxylic acids is 2. The van der Waals surface area contributed by atoms with E-state index in [2.05, 4.69) is 5.10 Å². The average Bonchev–Trinajstić information content (AvgIpc) is 3.43. The molecule has 2 N–H and O–H groups in total. The number of amides is 2. The number of piperidine rings is 1. The Balaban J connectivity index is 1.55. The quantitative estimate of drug-likeness (QED) is 0.733. The highest BCUT2D eigenvalue weighted by Crippen LogP contribution is 2.47. The molecular weight excluding hydrogens is 449 g/mol. The van der Waals surface area contributed by atoms with Crippen LogP contribution in [0.5, 0.6) is 0 Å². The van der Waals surface area contributed by atoms with E-state index in [0.29, 0.717) is 50.4 Å². The van der Waals surface area contributed by atoms with Gasteiger partial charge in [-0.25, -0.2) is 0 Å². The Bertz CT molecular complexity index is 1140. The lowest BCUT2D eigenvalue weighted by molar-refractivity contribution is -0.137. The molecule has 2 saturated heterocycles. The van der Waals surface area contributed by atoms with Gasteiger partial charge in [0.05, 0.1) is 23.1 Å². The third-order valence-electron chi connectivity index (χ3n) is 7.07. The van der Waals surface area contributed by atoms with Gasteiger partial charge in [-0.15, -0.1) is 0 Å². The minimum Gasteiger partial charge on any atom is -0.370 e. The number of aryl methyl sites for hydroxylation is 1. The maximum Gasteiger partial charge on any atom is 0.417 e. The smallest absolute Gasteiger partial charge is 0.370 e. The molecule has 2 fully saturated rings. The number of hydrogen-bond acceptors (Lipinski definition) is 5. The standard InChI is InChI=1S/C23H25F3N6O2/c1-2-32-19(5-8-29-32)21(34)30-9-6-22(7-10-30)14-31(13-18(22)20(28)33)16-4-3-15(12-27)17(11-16)23(24,25)26/h3-5,8,11,18H,2,6-7,9-10,13-14H2,1H3,(H2,28,33). The van der Waals surface area contributed by atoms with E-state index in [1.54, 1.807) is 32.8 Å². The van der Waals surface area contributed by atoms with E-state index in [1.807, 2.05) is 6.92 Å². The molecule has 1 unspecified atom stereocenters. The highest BCUT2D eigenvalue weighted by molar-refractivity contribution is 5.92. The van der Waals surface area contributed by atoms with Crippen LogP contribution in [0.15, 0.2) is 30.5 Å². The van der Waals surface area contributed by atoms with Crippen LogP contribution in [0.4, 0.5) is 18.9 Å². The van der Waals surface area contributed by atoms with Crippen LogP contribution in [-0.2, 0) is 17.5 Å². The number of nitriles is 1. The number of anilines is 1. The van der Waals surface area contributed by atoms with Crippen LogP contribution >= 0.6 is 0 Å². The molecule has 1 aromatic carbocycles. The Hall–Kier alpha value is -3.55. The summed E-state index contributed by atoms with van der Waals surface area (Å²) < 4.78 is 42.0. The van der Waals surface area contributed by atoms with Crippen molar-refractivity contribution in [2.75, 3.05) is 31.1 Å². The molecule has 34 heavy (non-hydrogen) atoms. The molecule has 1 atom stereocenters. The van der Waals surface area contributed by atoms with Gasteiger partial charge in [-0.2, -0.15) is 23.5 Å². The van der Waals surface area contributed by atoms with Crippen molar-refractivity contribution in [2.24, 2.45) is 17.1 Å². The molecule has 180 valence electrons. The zero-order valence-corrected chi connectivity index (χ0v) is 18.7. The van der Waals surface area contributed by atoms with Crippen molar-refractivity contribution in [1.82, 2.24) is 14.7 Å². The van der Waals surface area contributed by atoms with E-state index in [1.165, 1.54) is 6.07 Å². The molecule has 0 aliphatic carbocycles. The number of rotatable bonds is 4. The van der Waals surface area contributed by atoms with Crippen molar-refractivity contribution in [1.29, 1.82) is 5.26 Å². The maximum atomic E-state index is 13.5. The molecule has 11 heteroatoms. The Morgan fingerprint density at radius 3 is 2.56 bits per heavy atom. The molecule has 2 amide bonds. The highest BCUT2D eigenvalue weighted by Gasteiger charge is 2.51. The number of hydrogen-bond donors (Lipinski definition) is 1. The van der Waals surface area contributed by atoms with Gasteiger partial charge in [0, 0.05) is 50.0 Å². The summed E-state index contributed by atoms with van der Waals surface area (Å²) in [6.07, 6.45) is -2.08. The topological polar surface area (TPSA) is 108 Å². The summed E-state index contributed by atoms with van der Waals surface area (Å²) in [5, 5.41) is 13.2. The van der Waals surface area contributed by atoms with Crippen LogP contribution in [0.1, 0.15) is 41.4 Å². The van der Waals surface area contributed by atoms with Gasteiger partial charge in [0.1, 0.15) is 5.69 Å². The molecule has 4 rings (SSSR count).